The molecule has 4 nitrogen and oxygen atoms in total. The van der Waals surface area contributed by atoms with Gasteiger partial charge in [0, 0.05) is 25.3 Å². The lowest BCUT2D eigenvalue weighted by molar-refractivity contribution is 0.228. The minimum Gasteiger partial charge on any atom is -0.312 e. The monoisotopic (exact) mass is 248 g/mol. The maximum Gasteiger partial charge on any atom is 0.0771 e. The van der Waals surface area contributed by atoms with Crippen LogP contribution in [0.4, 0.5) is 0 Å². The van der Waals surface area contributed by atoms with Crippen molar-refractivity contribution in [2.45, 2.75) is 39.3 Å². The molecule has 2 atom stereocenters. The van der Waals surface area contributed by atoms with Gasteiger partial charge >= 0.3 is 0 Å². The standard InChI is InChI=1S/C14H24N4/c1-3-12(2)14-11-18(9-5-7-15-14)10-13-6-4-8-16-17-13/h4,6,8,12,14-15H,3,5,7,9-11H2,1-2H3. The average Bonchev–Trinajstić information content (AvgIpc) is 2.65. The van der Waals surface area contributed by atoms with Gasteiger partial charge in [-0.3, -0.25) is 4.90 Å². The largest absolute Gasteiger partial charge is 0.312 e. The predicted octanol–water partition coefficient (Wildman–Crippen LogP) is 1.69. The summed E-state index contributed by atoms with van der Waals surface area (Å²) < 4.78 is 0. The lowest BCUT2D eigenvalue weighted by Crippen LogP contribution is -2.41. The first-order valence-electron chi connectivity index (χ1n) is 7.02. The van der Waals surface area contributed by atoms with Crippen LogP contribution < -0.4 is 5.32 Å². The molecular formula is C14H24N4. The molecule has 0 amide bonds. The van der Waals surface area contributed by atoms with E-state index in [0.717, 1.165) is 37.8 Å². The second-order valence-electron chi connectivity index (χ2n) is 5.25. The zero-order chi connectivity index (χ0) is 12.8. The van der Waals surface area contributed by atoms with E-state index in [1.165, 1.54) is 12.8 Å². The van der Waals surface area contributed by atoms with Gasteiger partial charge in [-0.2, -0.15) is 10.2 Å². The van der Waals surface area contributed by atoms with Gasteiger partial charge in [-0.15, -0.1) is 0 Å². The molecule has 1 saturated heterocycles. The van der Waals surface area contributed by atoms with Crippen molar-refractivity contribution >= 4 is 0 Å². The smallest absolute Gasteiger partial charge is 0.0771 e. The molecule has 1 aliphatic rings. The summed E-state index contributed by atoms with van der Waals surface area (Å²) in [7, 11) is 0. The summed E-state index contributed by atoms with van der Waals surface area (Å²) in [5, 5.41) is 11.8. The first kappa shape index (κ1) is 13.4. The number of aromatic nitrogens is 2. The van der Waals surface area contributed by atoms with E-state index in [2.05, 4.69) is 40.3 Å². The summed E-state index contributed by atoms with van der Waals surface area (Å²) in [6, 6.07) is 4.63. The summed E-state index contributed by atoms with van der Waals surface area (Å²) in [4.78, 5) is 2.50. The summed E-state index contributed by atoms with van der Waals surface area (Å²) in [5.74, 6) is 0.729. The fourth-order valence-corrected chi connectivity index (χ4v) is 2.48. The predicted molar refractivity (Wildman–Crippen MR) is 73.2 cm³/mol. The third kappa shape index (κ3) is 3.75. The lowest BCUT2D eigenvalue weighted by atomic mass is 9.99. The molecule has 4 heteroatoms. The Hall–Kier alpha value is -1.00. The topological polar surface area (TPSA) is 41.1 Å². The van der Waals surface area contributed by atoms with Crippen LogP contribution in [0, 0.1) is 5.92 Å². The second-order valence-corrected chi connectivity index (χ2v) is 5.25. The molecule has 1 N–H and O–H groups in total. The molecule has 2 unspecified atom stereocenters. The minimum absolute atomic E-state index is 0.606. The van der Waals surface area contributed by atoms with Gasteiger partial charge in [0.25, 0.3) is 0 Å². The normalized spacial score (nSPS) is 23.6. The number of rotatable bonds is 4. The van der Waals surface area contributed by atoms with Crippen LogP contribution in [0.25, 0.3) is 0 Å². The molecule has 0 aromatic carbocycles. The second kappa shape index (κ2) is 6.81. The number of hydrogen-bond donors (Lipinski definition) is 1. The van der Waals surface area contributed by atoms with Crippen LogP contribution in [0.5, 0.6) is 0 Å². The first-order valence-corrected chi connectivity index (χ1v) is 7.02. The fourth-order valence-electron chi connectivity index (χ4n) is 2.48. The van der Waals surface area contributed by atoms with Gasteiger partial charge in [0.05, 0.1) is 5.69 Å². The van der Waals surface area contributed by atoms with Crippen LogP contribution in [-0.4, -0.2) is 40.8 Å². The molecule has 0 saturated carbocycles. The lowest BCUT2D eigenvalue weighted by Gasteiger charge is -2.27. The molecule has 0 spiro atoms. The summed E-state index contributed by atoms with van der Waals surface area (Å²) in [6.07, 6.45) is 4.18. The number of nitrogens with zero attached hydrogens (tertiary/aromatic N) is 3. The van der Waals surface area contributed by atoms with Crippen molar-refractivity contribution in [1.82, 2.24) is 20.4 Å². The molecule has 0 aliphatic carbocycles. The van der Waals surface area contributed by atoms with Crippen LogP contribution >= 0.6 is 0 Å². The van der Waals surface area contributed by atoms with E-state index in [-0.39, 0.29) is 0 Å². The Morgan fingerprint density at radius 1 is 1.56 bits per heavy atom. The molecule has 1 aromatic heterocycles. The quantitative estimate of drug-likeness (QED) is 0.880. The van der Waals surface area contributed by atoms with Crippen molar-refractivity contribution < 1.29 is 0 Å². The Morgan fingerprint density at radius 3 is 3.17 bits per heavy atom. The average molecular weight is 248 g/mol. The van der Waals surface area contributed by atoms with E-state index in [1.54, 1.807) is 6.20 Å². The third-order valence-corrected chi connectivity index (χ3v) is 3.86. The Kier molecular flexibility index (Phi) is 5.08. The highest BCUT2D eigenvalue weighted by atomic mass is 15.2. The van der Waals surface area contributed by atoms with Gasteiger partial charge in [-0.1, -0.05) is 20.3 Å². The highest BCUT2D eigenvalue weighted by molar-refractivity contribution is 4.99. The summed E-state index contributed by atoms with van der Waals surface area (Å²) >= 11 is 0. The van der Waals surface area contributed by atoms with Crippen LogP contribution in [0.3, 0.4) is 0 Å². The number of hydrogen-bond acceptors (Lipinski definition) is 4. The molecule has 100 valence electrons. The Bertz CT molecular complexity index is 341. The molecule has 2 heterocycles. The number of nitrogens with one attached hydrogen (secondary N) is 1. The fraction of sp³-hybridized carbons (Fsp3) is 0.714. The first-order chi connectivity index (χ1) is 8.79. The summed E-state index contributed by atoms with van der Waals surface area (Å²) in [5.41, 5.74) is 1.07. The van der Waals surface area contributed by atoms with Crippen LogP contribution in [0.15, 0.2) is 18.3 Å². The molecule has 1 fully saturated rings. The minimum atomic E-state index is 0.606. The van der Waals surface area contributed by atoms with E-state index in [9.17, 15) is 0 Å². The van der Waals surface area contributed by atoms with Crippen LogP contribution in [-0.2, 0) is 6.54 Å². The van der Waals surface area contributed by atoms with E-state index < -0.39 is 0 Å². The van der Waals surface area contributed by atoms with Crippen LogP contribution in [0.2, 0.25) is 0 Å². The SMILES string of the molecule is CCC(C)C1CN(Cc2cccnn2)CCCN1. The Morgan fingerprint density at radius 2 is 2.44 bits per heavy atom. The molecule has 2 rings (SSSR count). The summed E-state index contributed by atoms with van der Waals surface area (Å²) in [6.45, 7) is 8.92. The van der Waals surface area contributed by atoms with Gasteiger partial charge in [0.15, 0.2) is 0 Å². The molecule has 0 bridgehead atoms. The zero-order valence-electron chi connectivity index (χ0n) is 11.5. The van der Waals surface area contributed by atoms with E-state index >= 15 is 0 Å². The van der Waals surface area contributed by atoms with Crippen molar-refractivity contribution in [1.29, 1.82) is 0 Å². The molecule has 1 aromatic rings. The maximum absolute atomic E-state index is 4.18. The van der Waals surface area contributed by atoms with Crippen molar-refractivity contribution in [3.8, 4) is 0 Å². The van der Waals surface area contributed by atoms with Gasteiger partial charge in [0.1, 0.15) is 0 Å². The van der Waals surface area contributed by atoms with Gasteiger partial charge < -0.3 is 5.32 Å². The van der Waals surface area contributed by atoms with Gasteiger partial charge in [-0.05, 0) is 37.6 Å². The van der Waals surface area contributed by atoms with Crippen molar-refractivity contribution in [2.75, 3.05) is 19.6 Å². The highest BCUT2D eigenvalue weighted by Gasteiger charge is 2.21. The Labute approximate surface area is 110 Å². The van der Waals surface area contributed by atoms with E-state index in [0.29, 0.717) is 6.04 Å². The van der Waals surface area contributed by atoms with Gasteiger partial charge in [0.2, 0.25) is 0 Å². The van der Waals surface area contributed by atoms with Crippen molar-refractivity contribution in [3.63, 3.8) is 0 Å². The maximum atomic E-state index is 4.18. The van der Waals surface area contributed by atoms with E-state index in [4.69, 9.17) is 0 Å². The van der Waals surface area contributed by atoms with Crippen molar-refractivity contribution in [3.05, 3.63) is 24.0 Å². The van der Waals surface area contributed by atoms with E-state index in [1.807, 2.05) is 6.07 Å². The molecule has 0 radical (unpaired) electrons. The van der Waals surface area contributed by atoms with Crippen LogP contribution in [0.1, 0.15) is 32.4 Å². The van der Waals surface area contributed by atoms with Crippen molar-refractivity contribution in [2.24, 2.45) is 5.92 Å². The third-order valence-electron chi connectivity index (χ3n) is 3.86. The molecule has 1 aliphatic heterocycles. The Balaban J connectivity index is 1.95. The zero-order valence-corrected chi connectivity index (χ0v) is 11.5. The molecule has 18 heavy (non-hydrogen) atoms. The molecular weight excluding hydrogens is 224 g/mol. The van der Waals surface area contributed by atoms with Gasteiger partial charge in [-0.25, -0.2) is 0 Å². The highest BCUT2D eigenvalue weighted by Crippen LogP contribution is 2.13.